The Bertz CT molecular complexity index is 842. The first-order valence-corrected chi connectivity index (χ1v) is 7.27. The van der Waals surface area contributed by atoms with Crippen molar-refractivity contribution >= 4 is 34.4 Å². The number of hydrogen-bond donors (Lipinski definition) is 2. The van der Waals surface area contributed by atoms with Crippen LogP contribution < -0.4 is 5.43 Å². The molecule has 0 fully saturated rings. The lowest BCUT2D eigenvalue weighted by atomic mass is 10.0. The fraction of sp³-hybridized carbons (Fsp3) is 0.294. The molecule has 2 rings (SSSR count). The number of fused-ring (bicyclic) bond motifs is 1. The molecule has 2 N–H and O–H groups in total. The summed E-state index contributed by atoms with van der Waals surface area (Å²) >= 11 is 6.09. The van der Waals surface area contributed by atoms with E-state index >= 15 is 0 Å². The minimum Gasteiger partial charge on any atom is -0.382 e. The summed E-state index contributed by atoms with van der Waals surface area (Å²) in [6.07, 6.45) is 2.64. The van der Waals surface area contributed by atoms with Gasteiger partial charge >= 0.3 is 0 Å². The topological polar surface area (TPSA) is 70.2 Å². The summed E-state index contributed by atoms with van der Waals surface area (Å²) in [4.78, 5) is 27.2. The van der Waals surface area contributed by atoms with Crippen LogP contribution in [0.3, 0.4) is 0 Å². The van der Waals surface area contributed by atoms with Gasteiger partial charge in [-0.05, 0) is 57.0 Å². The minimum absolute atomic E-state index is 0.0237. The minimum atomic E-state index is -1.47. The molecule has 0 saturated heterocycles. The Morgan fingerprint density at radius 2 is 1.95 bits per heavy atom. The zero-order valence-electron chi connectivity index (χ0n) is 13.0. The van der Waals surface area contributed by atoms with Crippen LogP contribution in [0.4, 0.5) is 0 Å². The lowest BCUT2D eigenvalue weighted by Crippen LogP contribution is -2.29. The molecule has 4 nitrogen and oxygen atoms in total. The van der Waals surface area contributed by atoms with Gasteiger partial charge in [-0.15, -0.1) is 0 Å². The van der Waals surface area contributed by atoms with Crippen LogP contribution in [0.1, 0.15) is 30.7 Å². The monoisotopic (exact) mass is 319 g/mol. The average molecular weight is 320 g/mol. The maximum atomic E-state index is 12.3. The zero-order chi connectivity index (χ0) is 16.7. The molecule has 1 heterocycles. The van der Waals surface area contributed by atoms with Gasteiger partial charge in [0, 0.05) is 5.39 Å². The molecule has 0 saturated carbocycles. The van der Waals surface area contributed by atoms with Crippen molar-refractivity contribution in [1.82, 2.24) is 4.98 Å². The van der Waals surface area contributed by atoms with E-state index in [-0.39, 0.29) is 10.5 Å². The molecule has 0 atom stereocenters. The Hall–Kier alpha value is -1.91. The molecule has 22 heavy (non-hydrogen) atoms. The molecule has 1 aromatic carbocycles. The summed E-state index contributed by atoms with van der Waals surface area (Å²) < 4.78 is 0. The van der Waals surface area contributed by atoms with E-state index < -0.39 is 11.4 Å². The lowest BCUT2D eigenvalue weighted by Gasteiger charge is -2.12. The molecule has 0 spiro atoms. The SMILES string of the molecule is Cc1ccc2c(=O)c(Cl)c(C=CC(=O)C(C)(C)O)[nH]c2c1C. The number of ketones is 1. The van der Waals surface area contributed by atoms with Crippen molar-refractivity contribution < 1.29 is 9.90 Å². The number of aromatic nitrogens is 1. The maximum absolute atomic E-state index is 12.3. The van der Waals surface area contributed by atoms with Gasteiger partial charge in [-0.1, -0.05) is 17.7 Å². The third-order valence-corrected chi connectivity index (χ3v) is 4.06. The molecule has 5 heteroatoms. The number of aliphatic hydroxyl groups is 1. The first kappa shape index (κ1) is 16.5. The van der Waals surface area contributed by atoms with Gasteiger partial charge in [-0.3, -0.25) is 9.59 Å². The quantitative estimate of drug-likeness (QED) is 0.854. The molecule has 0 amide bonds. The highest BCUT2D eigenvalue weighted by atomic mass is 35.5. The number of halogens is 1. The third-order valence-electron chi connectivity index (χ3n) is 3.68. The molecule has 1 aromatic heterocycles. The number of benzene rings is 1. The van der Waals surface area contributed by atoms with Crippen LogP contribution in [0.25, 0.3) is 17.0 Å². The van der Waals surface area contributed by atoms with Gasteiger partial charge in [0.05, 0.1) is 11.2 Å². The van der Waals surface area contributed by atoms with E-state index in [2.05, 4.69) is 4.98 Å². The van der Waals surface area contributed by atoms with Crippen molar-refractivity contribution in [2.45, 2.75) is 33.3 Å². The van der Waals surface area contributed by atoms with Crippen LogP contribution in [-0.4, -0.2) is 21.5 Å². The van der Waals surface area contributed by atoms with Crippen LogP contribution in [0.15, 0.2) is 23.0 Å². The van der Waals surface area contributed by atoms with Crippen molar-refractivity contribution in [2.75, 3.05) is 0 Å². The van der Waals surface area contributed by atoms with E-state index in [0.717, 1.165) is 11.1 Å². The van der Waals surface area contributed by atoms with Crippen molar-refractivity contribution in [3.63, 3.8) is 0 Å². The number of carbonyl (C=O) groups excluding carboxylic acids is 1. The summed E-state index contributed by atoms with van der Waals surface area (Å²) in [5.41, 5.74) is 1.30. The Labute approximate surface area is 133 Å². The Balaban J connectivity index is 2.63. The van der Waals surface area contributed by atoms with E-state index in [1.165, 1.54) is 26.0 Å². The van der Waals surface area contributed by atoms with Crippen molar-refractivity contribution in [1.29, 1.82) is 0 Å². The van der Waals surface area contributed by atoms with Gasteiger partial charge in [0.25, 0.3) is 0 Å². The van der Waals surface area contributed by atoms with E-state index in [0.29, 0.717) is 16.6 Å². The maximum Gasteiger partial charge on any atom is 0.208 e. The summed E-state index contributed by atoms with van der Waals surface area (Å²) in [7, 11) is 0. The fourth-order valence-corrected chi connectivity index (χ4v) is 2.29. The molecular formula is C17H18ClNO3. The average Bonchev–Trinajstić information content (AvgIpc) is 2.44. The number of nitrogens with one attached hydrogen (secondary N) is 1. The predicted octanol–water partition coefficient (Wildman–Crippen LogP) is 3.15. The normalized spacial score (nSPS) is 12.3. The molecule has 0 aliphatic carbocycles. The second kappa shape index (κ2) is 5.71. The number of aryl methyl sites for hydroxylation is 2. The van der Waals surface area contributed by atoms with Crippen LogP contribution in [0, 0.1) is 13.8 Å². The van der Waals surface area contributed by atoms with Crippen molar-refractivity contribution in [3.05, 3.63) is 50.3 Å². The highest BCUT2D eigenvalue weighted by Crippen LogP contribution is 2.22. The number of pyridine rings is 1. The van der Waals surface area contributed by atoms with Crippen molar-refractivity contribution in [3.8, 4) is 0 Å². The first-order chi connectivity index (χ1) is 10.1. The van der Waals surface area contributed by atoms with E-state index in [4.69, 9.17) is 11.6 Å². The van der Waals surface area contributed by atoms with Crippen molar-refractivity contribution in [2.24, 2.45) is 0 Å². The summed E-state index contributed by atoms with van der Waals surface area (Å²) in [5.74, 6) is -0.467. The van der Waals surface area contributed by atoms with Gasteiger partial charge in [-0.2, -0.15) is 0 Å². The molecule has 0 radical (unpaired) electrons. The lowest BCUT2D eigenvalue weighted by molar-refractivity contribution is -0.128. The van der Waals surface area contributed by atoms with Crippen LogP contribution >= 0.6 is 11.6 Å². The van der Waals surface area contributed by atoms with Gasteiger partial charge in [0.2, 0.25) is 5.43 Å². The van der Waals surface area contributed by atoms with Crippen LogP contribution in [0.5, 0.6) is 0 Å². The number of H-pyrrole nitrogens is 1. The number of hydrogen-bond acceptors (Lipinski definition) is 3. The number of carbonyl (C=O) groups is 1. The Morgan fingerprint density at radius 1 is 1.32 bits per heavy atom. The van der Waals surface area contributed by atoms with Gasteiger partial charge in [-0.25, -0.2) is 0 Å². The molecule has 2 aromatic rings. The van der Waals surface area contributed by atoms with Gasteiger partial charge in [0.15, 0.2) is 5.78 Å². The van der Waals surface area contributed by atoms with E-state index in [1.807, 2.05) is 19.9 Å². The van der Waals surface area contributed by atoms with Crippen LogP contribution in [-0.2, 0) is 4.79 Å². The molecule has 0 aliphatic rings. The molecular weight excluding hydrogens is 302 g/mol. The fourth-order valence-electron chi connectivity index (χ4n) is 2.07. The molecule has 116 valence electrons. The first-order valence-electron chi connectivity index (χ1n) is 6.89. The summed E-state index contributed by atoms with van der Waals surface area (Å²) in [6.45, 7) is 6.67. The predicted molar refractivity (Wildman–Crippen MR) is 89.4 cm³/mol. The number of aromatic amines is 1. The standard InChI is InChI=1S/C17H18ClNO3/c1-9-5-6-11-15(10(9)2)19-12(14(18)16(11)21)7-8-13(20)17(3,4)22/h5-8,22H,1-4H3,(H,19,21). The summed E-state index contributed by atoms with van der Waals surface area (Å²) in [5, 5.41) is 10.2. The Kier molecular flexibility index (Phi) is 4.27. The third kappa shape index (κ3) is 2.98. The highest BCUT2D eigenvalue weighted by Gasteiger charge is 2.21. The Morgan fingerprint density at radius 3 is 2.55 bits per heavy atom. The second-order valence-electron chi connectivity index (χ2n) is 5.87. The largest absolute Gasteiger partial charge is 0.382 e. The number of rotatable bonds is 3. The molecule has 0 unspecified atom stereocenters. The zero-order valence-corrected chi connectivity index (χ0v) is 13.7. The van der Waals surface area contributed by atoms with E-state index in [1.54, 1.807) is 6.07 Å². The second-order valence-corrected chi connectivity index (χ2v) is 6.25. The molecule has 0 bridgehead atoms. The van der Waals surface area contributed by atoms with Gasteiger partial charge in [0.1, 0.15) is 10.6 Å². The van der Waals surface area contributed by atoms with Crippen LogP contribution in [0.2, 0.25) is 5.02 Å². The highest BCUT2D eigenvalue weighted by molar-refractivity contribution is 6.32. The summed E-state index contributed by atoms with van der Waals surface area (Å²) in [6, 6.07) is 3.61. The smallest absolute Gasteiger partial charge is 0.208 e. The van der Waals surface area contributed by atoms with Gasteiger partial charge < -0.3 is 10.1 Å². The molecule has 0 aliphatic heterocycles. The van der Waals surface area contributed by atoms with E-state index in [9.17, 15) is 14.7 Å².